The molecule has 0 aromatic heterocycles. The second kappa shape index (κ2) is 11.4. The first-order valence-electron chi connectivity index (χ1n) is 12.6. The van der Waals surface area contributed by atoms with E-state index in [0.29, 0.717) is 12.1 Å². The van der Waals surface area contributed by atoms with E-state index in [9.17, 15) is 36.3 Å². The molecule has 1 aliphatic heterocycles. The van der Waals surface area contributed by atoms with Crippen LogP contribution in [0.4, 0.5) is 43.4 Å². The van der Waals surface area contributed by atoms with Gasteiger partial charge >= 0.3 is 6.18 Å². The van der Waals surface area contributed by atoms with Crippen molar-refractivity contribution in [2.24, 2.45) is 5.92 Å². The summed E-state index contributed by atoms with van der Waals surface area (Å²) in [7, 11) is 0. The number of alkyl halides is 5. The van der Waals surface area contributed by atoms with Crippen LogP contribution in [-0.2, 0) is 20.5 Å². The molecule has 1 heterocycles. The van der Waals surface area contributed by atoms with E-state index < -0.39 is 86.7 Å². The van der Waals surface area contributed by atoms with Crippen LogP contribution in [0.3, 0.4) is 0 Å². The van der Waals surface area contributed by atoms with Crippen molar-refractivity contribution in [1.82, 2.24) is 0 Å². The quantitative estimate of drug-likeness (QED) is 0.139. The maximum atomic E-state index is 15.1. The van der Waals surface area contributed by atoms with Crippen LogP contribution in [0, 0.1) is 23.4 Å². The van der Waals surface area contributed by atoms with Gasteiger partial charge in [0.1, 0.15) is 21.7 Å². The molecule has 232 valence electrons. The summed E-state index contributed by atoms with van der Waals surface area (Å²) in [4.78, 5) is 38.1. The number of amides is 3. The van der Waals surface area contributed by atoms with Gasteiger partial charge in [-0.15, -0.1) is 23.2 Å². The highest BCUT2D eigenvalue weighted by Crippen LogP contribution is 2.65. The van der Waals surface area contributed by atoms with Crippen molar-refractivity contribution in [3.05, 3.63) is 87.7 Å². The van der Waals surface area contributed by atoms with Crippen LogP contribution in [0.2, 0.25) is 5.02 Å². The van der Waals surface area contributed by atoms with Gasteiger partial charge in [-0.3, -0.25) is 14.4 Å². The highest BCUT2D eigenvalue weighted by Gasteiger charge is 2.67. The molecule has 44 heavy (non-hydrogen) atoms. The number of rotatable bonds is 7. The van der Waals surface area contributed by atoms with Crippen molar-refractivity contribution in [3.8, 4) is 0 Å². The number of anilines is 3. The minimum absolute atomic E-state index is 0.0134. The first-order valence-corrected chi connectivity index (χ1v) is 13.7. The van der Waals surface area contributed by atoms with Crippen molar-refractivity contribution in [2.45, 2.75) is 35.6 Å². The molecule has 0 spiro atoms. The van der Waals surface area contributed by atoms with Crippen molar-refractivity contribution >= 4 is 69.6 Å². The fourth-order valence-corrected chi connectivity index (χ4v) is 5.66. The average Bonchev–Trinajstić information content (AvgIpc) is 3.81. The van der Waals surface area contributed by atoms with E-state index >= 15 is 4.39 Å². The van der Waals surface area contributed by atoms with Gasteiger partial charge in [0.2, 0.25) is 5.91 Å². The monoisotopic (exact) mass is 679 g/mol. The number of hydrogen-bond donors (Lipinski definition) is 3. The number of halogens is 9. The van der Waals surface area contributed by atoms with Crippen LogP contribution in [0.15, 0.2) is 48.5 Å². The number of carbonyl (C=O) groups excluding carboxylic acids is 3. The molecular formula is C28H18Cl3F6N3O4. The third-order valence-electron chi connectivity index (χ3n) is 7.03. The van der Waals surface area contributed by atoms with Crippen LogP contribution < -0.4 is 16.0 Å². The van der Waals surface area contributed by atoms with Crippen molar-refractivity contribution in [1.29, 1.82) is 0 Å². The molecule has 1 saturated heterocycles. The molecule has 0 bridgehead atoms. The Labute approximate surface area is 259 Å². The van der Waals surface area contributed by atoms with Crippen molar-refractivity contribution < 1.29 is 45.5 Å². The van der Waals surface area contributed by atoms with E-state index in [0.717, 1.165) is 24.3 Å². The van der Waals surface area contributed by atoms with E-state index in [1.54, 1.807) is 6.92 Å². The molecule has 3 aromatic carbocycles. The lowest BCUT2D eigenvalue weighted by Crippen LogP contribution is -2.22. The van der Waals surface area contributed by atoms with E-state index in [1.807, 2.05) is 0 Å². The molecule has 2 unspecified atom stereocenters. The summed E-state index contributed by atoms with van der Waals surface area (Å²) in [6.07, 6.45) is -6.28. The lowest BCUT2D eigenvalue weighted by atomic mass is 10.0. The summed E-state index contributed by atoms with van der Waals surface area (Å²) < 4.78 is 85.8. The molecular weight excluding hydrogens is 663 g/mol. The highest BCUT2D eigenvalue weighted by atomic mass is 35.5. The van der Waals surface area contributed by atoms with Crippen LogP contribution >= 0.6 is 34.8 Å². The summed E-state index contributed by atoms with van der Waals surface area (Å²) in [5, 5.41) is 6.62. The van der Waals surface area contributed by atoms with Gasteiger partial charge in [0.15, 0.2) is 11.9 Å². The van der Waals surface area contributed by atoms with Crippen molar-refractivity contribution in [2.75, 3.05) is 16.0 Å². The molecule has 2 fully saturated rings. The number of carbonyl (C=O) groups is 3. The average molecular weight is 681 g/mol. The number of epoxide rings is 1. The summed E-state index contributed by atoms with van der Waals surface area (Å²) in [6, 6.07) is 7.55. The van der Waals surface area contributed by atoms with Crippen LogP contribution in [0.25, 0.3) is 0 Å². The highest BCUT2D eigenvalue weighted by molar-refractivity contribution is 6.53. The summed E-state index contributed by atoms with van der Waals surface area (Å²) >= 11 is 18.6. The molecule has 1 saturated carbocycles. The van der Waals surface area contributed by atoms with E-state index in [1.165, 1.54) is 12.1 Å². The van der Waals surface area contributed by atoms with Gasteiger partial charge in [-0.2, -0.15) is 13.2 Å². The summed E-state index contributed by atoms with van der Waals surface area (Å²) in [5.74, 6) is -8.85. The third-order valence-corrected chi connectivity index (χ3v) is 8.30. The van der Waals surface area contributed by atoms with Crippen LogP contribution in [0.5, 0.6) is 0 Å². The largest absolute Gasteiger partial charge is 0.419 e. The standard InChI is InChI=1S/C28H18Cl3F6N3O4/c1-10-23(44-10)26(43)40-22-17(33)6-7-18(21(22)34)39-24(41)13-9-12(3-4-15(13)29)38-25(42)20-19(27(20,30)31)11-2-5-16(32)14(8-11)28(35,36)37/h2-10,19-20,23H,1H3,(H,38,42)(H,39,41)(H,40,43)/t10?,19-,20+,23?/m0/s1. The SMILES string of the molecule is CC1OC1C(=O)Nc1c(F)ccc(NC(=O)c2cc(NC(=O)[C@H]3[C@H](c4ccc(F)c(C(F)(F)F)c4)C3(Cl)Cl)ccc2Cl)c1F. The zero-order valence-corrected chi connectivity index (χ0v) is 24.2. The topological polar surface area (TPSA) is 99.8 Å². The molecule has 0 radical (unpaired) electrons. The number of ether oxygens (including phenoxy) is 1. The molecule has 7 nitrogen and oxygen atoms in total. The lowest BCUT2D eigenvalue weighted by Gasteiger charge is -2.13. The zero-order chi connectivity index (χ0) is 32.3. The van der Waals surface area contributed by atoms with Crippen molar-refractivity contribution in [3.63, 3.8) is 0 Å². The predicted molar refractivity (Wildman–Crippen MR) is 149 cm³/mol. The Bertz CT molecular complexity index is 1700. The Morgan fingerprint density at radius 2 is 1.55 bits per heavy atom. The summed E-state index contributed by atoms with van der Waals surface area (Å²) in [6.45, 7) is 1.59. The first kappa shape index (κ1) is 31.9. The Kier molecular flexibility index (Phi) is 8.29. The summed E-state index contributed by atoms with van der Waals surface area (Å²) in [5.41, 5.74) is -3.25. The Morgan fingerprint density at radius 3 is 2.18 bits per heavy atom. The van der Waals surface area contributed by atoms with E-state index in [2.05, 4.69) is 16.0 Å². The molecule has 2 aliphatic rings. The van der Waals surface area contributed by atoms with Gasteiger partial charge in [0, 0.05) is 11.6 Å². The second-order valence-corrected chi connectivity index (χ2v) is 11.9. The Hall–Kier alpha value is -3.52. The minimum atomic E-state index is -5.00. The van der Waals surface area contributed by atoms with E-state index in [-0.39, 0.29) is 21.8 Å². The van der Waals surface area contributed by atoms with Crippen LogP contribution in [0.1, 0.15) is 34.3 Å². The predicted octanol–water partition coefficient (Wildman–Crippen LogP) is 7.28. The van der Waals surface area contributed by atoms with E-state index in [4.69, 9.17) is 39.5 Å². The van der Waals surface area contributed by atoms with Gasteiger partial charge in [-0.05, 0) is 55.0 Å². The molecule has 3 amide bonds. The molecule has 3 N–H and O–H groups in total. The lowest BCUT2D eigenvalue weighted by molar-refractivity contribution is -0.140. The Morgan fingerprint density at radius 1 is 0.886 bits per heavy atom. The van der Waals surface area contributed by atoms with Crippen LogP contribution in [-0.4, -0.2) is 34.3 Å². The second-order valence-electron chi connectivity index (χ2n) is 10.0. The Balaban J connectivity index is 1.31. The maximum Gasteiger partial charge on any atom is 0.419 e. The van der Waals surface area contributed by atoms with Gasteiger partial charge in [-0.1, -0.05) is 17.7 Å². The minimum Gasteiger partial charge on any atom is -0.359 e. The van der Waals surface area contributed by atoms with Gasteiger partial charge in [0.25, 0.3) is 11.8 Å². The van der Waals surface area contributed by atoms with Gasteiger partial charge in [0.05, 0.1) is 33.9 Å². The number of benzene rings is 3. The number of nitrogens with one attached hydrogen (secondary N) is 3. The number of hydrogen-bond acceptors (Lipinski definition) is 4. The third kappa shape index (κ3) is 6.19. The fourth-order valence-electron chi connectivity index (χ4n) is 4.63. The normalized spacial score (nSPS) is 21.8. The van der Waals surface area contributed by atoms with Gasteiger partial charge in [-0.25, -0.2) is 13.2 Å². The fraction of sp³-hybridized carbons (Fsp3) is 0.250. The molecule has 16 heteroatoms. The smallest absolute Gasteiger partial charge is 0.359 e. The molecule has 1 aliphatic carbocycles. The molecule has 4 atom stereocenters. The van der Waals surface area contributed by atoms with Gasteiger partial charge < -0.3 is 20.7 Å². The maximum absolute atomic E-state index is 15.1. The molecule has 3 aromatic rings. The zero-order valence-electron chi connectivity index (χ0n) is 22.0. The molecule has 5 rings (SSSR count). The first-order chi connectivity index (χ1) is 20.5.